The largest absolute Gasteiger partial charge is 0.243 e. The van der Waals surface area contributed by atoms with E-state index in [-0.39, 0.29) is 0 Å². The van der Waals surface area contributed by atoms with E-state index >= 15 is 0 Å². The minimum Gasteiger partial charge on any atom is -0.151 e. The Labute approximate surface area is 239 Å². The van der Waals surface area contributed by atoms with Gasteiger partial charge < -0.3 is 0 Å². The Morgan fingerprint density at radius 3 is 2.27 bits per heavy atom. The quantitative estimate of drug-likeness (QED) is 0.161. The van der Waals surface area contributed by atoms with Gasteiger partial charge in [0.1, 0.15) is 0 Å². The molecule has 0 bridgehead atoms. The SMILES string of the molecule is C=C(c1cc2c(cc1C)sc1ccccc12)N(C)[n+]1ccc(C)cc1-c1cc2c(ccc3ccccc32)cc1C. The first-order valence-corrected chi connectivity index (χ1v) is 14.5. The molecule has 0 radical (unpaired) electrons. The standard InChI is InChI=1S/C37H31N2S/c1-23-16-17-39(35(18-23)32-22-33-28(19-24(32)2)15-14-27-10-6-7-11-29(27)33)38(5)26(4)31-21-34-30-12-8-9-13-36(30)40-37(34)20-25(31)3/h6-22H,4H2,1-3,5H3/q+1. The van der Waals surface area contributed by atoms with E-state index in [0.29, 0.717) is 0 Å². The average Bonchev–Trinajstić information content (AvgIpc) is 3.32. The lowest BCUT2D eigenvalue weighted by molar-refractivity contribution is -0.669. The Hall–Kier alpha value is -4.47. The lowest BCUT2D eigenvalue weighted by Crippen LogP contribution is -2.55. The second-order valence-corrected chi connectivity index (χ2v) is 11.9. The van der Waals surface area contributed by atoms with Crippen molar-refractivity contribution in [1.82, 2.24) is 0 Å². The monoisotopic (exact) mass is 535 g/mol. The summed E-state index contributed by atoms with van der Waals surface area (Å²) in [7, 11) is 2.11. The summed E-state index contributed by atoms with van der Waals surface area (Å²) in [5.74, 6) is 0. The number of aromatic nitrogens is 1. The summed E-state index contributed by atoms with van der Waals surface area (Å²) in [6.45, 7) is 11.2. The molecule has 0 spiro atoms. The van der Waals surface area contributed by atoms with Gasteiger partial charge in [-0.25, -0.2) is 0 Å². The van der Waals surface area contributed by atoms with Gasteiger partial charge >= 0.3 is 0 Å². The zero-order valence-electron chi connectivity index (χ0n) is 23.3. The van der Waals surface area contributed by atoms with Gasteiger partial charge in [0.25, 0.3) is 0 Å². The molecule has 0 unspecified atom stereocenters. The van der Waals surface area contributed by atoms with Gasteiger partial charge in [0.2, 0.25) is 11.9 Å². The summed E-state index contributed by atoms with van der Waals surface area (Å²) in [4.78, 5) is 0. The maximum atomic E-state index is 4.61. The number of thiophene rings is 1. The molecule has 0 N–H and O–H groups in total. The van der Waals surface area contributed by atoms with E-state index < -0.39 is 0 Å². The fraction of sp³-hybridized carbons (Fsp3) is 0.108. The van der Waals surface area contributed by atoms with E-state index in [1.54, 1.807) is 0 Å². The molecule has 3 heteroatoms. The maximum absolute atomic E-state index is 4.61. The predicted molar refractivity (Wildman–Crippen MR) is 174 cm³/mol. The molecular formula is C37H31N2S+. The van der Waals surface area contributed by atoms with Crippen LogP contribution in [0.15, 0.2) is 110 Å². The molecule has 2 aromatic heterocycles. The van der Waals surface area contributed by atoms with Gasteiger partial charge in [-0.3, -0.25) is 0 Å². The van der Waals surface area contributed by atoms with Gasteiger partial charge in [-0.2, -0.15) is 5.01 Å². The zero-order chi connectivity index (χ0) is 27.5. The van der Waals surface area contributed by atoms with Crippen molar-refractivity contribution < 1.29 is 4.68 Å². The van der Waals surface area contributed by atoms with E-state index in [4.69, 9.17) is 0 Å². The fourth-order valence-corrected chi connectivity index (χ4v) is 7.18. The van der Waals surface area contributed by atoms with E-state index in [2.05, 4.69) is 147 Å². The van der Waals surface area contributed by atoms with Crippen molar-refractivity contribution >= 4 is 58.8 Å². The number of rotatable bonds is 4. The molecule has 5 aromatic carbocycles. The van der Waals surface area contributed by atoms with Crippen molar-refractivity contribution in [3.05, 3.63) is 132 Å². The molecule has 0 saturated heterocycles. The van der Waals surface area contributed by atoms with Gasteiger partial charge in [-0.15, -0.1) is 11.3 Å². The summed E-state index contributed by atoms with van der Waals surface area (Å²) in [5.41, 5.74) is 8.22. The number of pyridine rings is 1. The first-order valence-electron chi connectivity index (χ1n) is 13.7. The molecule has 0 saturated carbocycles. The van der Waals surface area contributed by atoms with E-state index in [1.165, 1.54) is 69.5 Å². The third-order valence-electron chi connectivity index (χ3n) is 8.20. The summed E-state index contributed by atoms with van der Waals surface area (Å²) in [5, 5.41) is 9.88. The summed E-state index contributed by atoms with van der Waals surface area (Å²) < 4.78 is 4.88. The van der Waals surface area contributed by atoms with Crippen molar-refractivity contribution in [3.8, 4) is 11.3 Å². The van der Waals surface area contributed by atoms with Crippen molar-refractivity contribution in [3.63, 3.8) is 0 Å². The van der Waals surface area contributed by atoms with Gasteiger partial charge in [-0.05, 0) is 83.3 Å². The van der Waals surface area contributed by atoms with Crippen LogP contribution in [0.2, 0.25) is 0 Å². The van der Waals surface area contributed by atoms with Crippen LogP contribution in [0.5, 0.6) is 0 Å². The fourth-order valence-electron chi connectivity index (χ4n) is 5.99. The summed E-state index contributed by atoms with van der Waals surface area (Å²) in [6.07, 6.45) is 2.16. The third-order valence-corrected chi connectivity index (χ3v) is 9.34. The Morgan fingerprint density at radius 1 is 0.675 bits per heavy atom. The Balaban J connectivity index is 1.38. The lowest BCUT2D eigenvalue weighted by Gasteiger charge is -2.20. The van der Waals surface area contributed by atoms with E-state index in [0.717, 1.165) is 11.4 Å². The van der Waals surface area contributed by atoms with Gasteiger partial charge in [-0.1, -0.05) is 71.9 Å². The topological polar surface area (TPSA) is 7.12 Å². The second-order valence-electron chi connectivity index (χ2n) is 10.8. The van der Waals surface area contributed by atoms with E-state index in [1.807, 2.05) is 11.3 Å². The van der Waals surface area contributed by atoms with Crippen LogP contribution >= 0.6 is 11.3 Å². The molecule has 7 aromatic rings. The molecule has 0 aliphatic rings. The van der Waals surface area contributed by atoms with Crippen LogP contribution in [0.4, 0.5) is 0 Å². The summed E-state index contributed by atoms with van der Waals surface area (Å²) in [6, 6.07) is 35.5. The number of fused-ring (bicyclic) bond motifs is 6. The Morgan fingerprint density at radius 2 is 1.43 bits per heavy atom. The van der Waals surface area contributed by atoms with Crippen molar-refractivity contribution in [2.45, 2.75) is 20.8 Å². The average molecular weight is 536 g/mol. The highest BCUT2D eigenvalue weighted by Crippen LogP contribution is 2.37. The second kappa shape index (κ2) is 9.32. The minimum atomic E-state index is 0.966. The first-order chi connectivity index (χ1) is 19.4. The van der Waals surface area contributed by atoms with Crippen LogP contribution in [0.1, 0.15) is 22.3 Å². The number of benzene rings is 5. The third kappa shape index (κ3) is 3.89. The molecule has 0 aliphatic heterocycles. The molecule has 7 rings (SSSR count). The maximum Gasteiger partial charge on any atom is 0.243 e. The number of hydrogen-bond acceptors (Lipinski definition) is 2. The van der Waals surface area contributed by atoms with Crippen LogP contribution in [-0.4, -0.2) is 7.05 Å². The van der Waals surface area contributed by atoms with Crippen LogP contribution < -0.4 is 9.69 Å². The first kappa shape index (κ1) is 24.6. The number of hydrogen-bond donors (Lipinski definition) is 0. The molecule has 0 aliphatic carbocycles. The van der Waals surface area contributed by atoms with E-state index in [9.17, 15) is 0 Å². The smallest absolute Gasteiger partial charge is 0.151 e. The Bertz CT molecular complexity index is 2130. The van der Waals surface area contributed by atoms with Gasteiger partial charge in [0.05, 0.1) is 18.3 Å². The lowest BCUT2D eigenvalue weighted by atomic mass is 9.95. The molecule has 0 atom stereocenters. The minimum absolute atomic E-state index is 0.966. The molecular weight excluding hydrogens is 504 g/mol. The number of nitrogens with zero attached hydrogens (tertiary/aromatic N) is 2. The van der Waals surface area contributed by atoms with Gasteiger partial charge in [0.15, 0.2) is 0 Å². The molecule has 40 heavy (non-hydrogen) atoms. The highest BCUT2D eigenvalue weighted by molar-refractivity contribution is 7.25. The van der Waals surface area contributed by atoms with Crippen LogP contribution in [0, 0.1) is 20.8 Å². The van der Waals surface area contributed by atoms with Crippen LogP contribution in [0.3, 0.4) is 0 Å². The van der Waals surface area contributed by atoms with Crippen molar-refractivity contribution in [2.75, 3.05) is 12.1 Å². The molecule has 0 amide bonds. The molecule has 0 fully saturated rings. The highest BCUT2D eigenvalue weighted by atomic mass is 32.1. The van der Waals surface area contributed by atoms with Crippen molar-refractivity contribution in [1.29, 1.82) is 0 Å². The van der Waals surface area contributed by atoms with Crippen LogP contribution in [0.25, 0.3) is 58.7 Å². The van der Waals surface area contributed by atoms with Crippen molar-refractivity contribution in [2.24, 2.45) is 0 Å². The molecule has 2 heterocycles. The normalized spacial score (nSPS) is 11.6. The number of aryl methyl sites for hydroxylation is 3. The van der Waals surface area contributed by atoms with Gasteiger partial charge in [0, 0.05) is 37.9 Å². The Kier molecular flexibility index (Phi) is 5.72. The predicted octanol–water partition coefficient (Wildman–Crippen LogP) is 9.48. The highest BCUT2D eigenvalue weighted by Gasteiger charge is 2.24. The summed E-state index contributed by atoms with van der Waals surface area (Å²) >= 11 is 1.86. The molecule has 194 valence electrons. The van der Waals surface area contributed by atoms with Crippen LogP contribution in [-0.2, 0) is 0 Å². The molecule has 2 nitrogen and oxygen atoms in total. The zero-order valence-corrected chi connectivity index (χ0v) is 24.1.